The summed E-state index contributed by atoms with van der Waals surface area (Å²) >= 11 is 0. The minimum atomic E-state index is 0.0478. The molecule has 1 N–H and O–H groups in total. The molecule has 12 heterocycles. The van der Waals surface area contributed by atoms with Gasteiger partial charge in [0.1, 0.15) is 41.2 Å². The SMILES string of the molecule is O=C(c1cnc2c(ccn2-c2ccc3[nH]ncc3c2)c1)N1CCCCC1.[C-]#[N+]c1ccc(-n2ccc3cc(C(=O)N4CCCCC4)cnc32)cn1.[C-]#[N+]c1ncc(-n2ccc3cc(C(=O)N4CCCCC4)cnc32)cn1. The molecule has 10 aromatic rings. The first-order valence-corrected chi connectivity index (χ1v) is 25.6. The third kappa shape index (κ3) is 10.2. The molecule has 0 saturated carbocycles. The first-order chi connectivity index (χ1) is 37.3. The highest BCUT2D eigenvalue weighted by molar-refractivity contribution is 5.99. The van der Waals surface area contributed by atoms with Gasteiger partial charge in [0.05, 0.1) is 34.1 Å². The van der Waals surface area contributed by atoms with Crippen LogP contribution in [0.4, 0.5) is 11.8 Å². The molecule has 3 amide bonds. The Balaban J connectivity index is 0.000000122. The zero-order valence-electron chi connectivity index (χ0n) is 41.7. The summed E-state index contributed by atoms with van der Waals surface area (Å²) < 4.78 is 5.79. The van der Waals surface area contributed by atoms with Crippen LogP contribution in [-0.2, 0) is 0 Å². The molecule has 19 nitrogen and oxygen atoms in total. The predicted molar refractivity (Wildman–Crippen MR) is 288 cm³/mol. The molecular formula is C57H52N16O3. The van der Waals surface area contributed by atoms with Crippen LogP contribution in [0.15, 0.2) is 129 Å². The van der Waals surface area contributed by atoms with Crippen molar-refractivity contribution in [3.63, 3.8) is 0 Å². The Labute approximate surface area is 437 Å². The van der Waals surface area contributed by atoms with Crippen molar-refractivity contribution in [2.24, 2.45) is 0 Å². The van der Waals surface area contributed by atoms with E-state index in [-0.39, 0.29) is 23.7 Å². The topological polar surface area (TPSA) is 190 Å². The van der Waals surface area contributed by atoms with E-state index < -0.39 is 0 Å². The number of rotatable bonds is 6. The molecule has 3 fully saturated rings. The number of carbonyl (C=O) groups excluding carboxylic acids is 3. The fourth-order valence-electron chi connectivity index (χ4n) is 10.0. The molecule has 0 atom stereocenters. The summed E-state index contributed by atoms with van der Waals surface area (Å²) in [4.78, 5) is 75.9. The number of benzene rings is 1. The first-order valence-electron chi connectivity index (χ1n) is 25.6. The second-order valence-electron chi connectivity index (χ2n) is 19.0. The number of aromatic amines is 1. The molecule has 13 rings (SSSR count). The molecular weight excluding hydrogens is 957 g/mol. The smallest absolute Gasteiger partial charge is 0.371 e. The van der Waals surface area contributed by atoms with E-state index in [1.165, 1.54) is 19.3 Å². The highest BCUT2D eigenvalue weighted by Crippen LogP contribution is 2.26. The van der Waals surface area contributed by atoms with Crippen molar-refractivity contribution < 1.29 is 14.4 Å². The molecule has 1 aromatic carbocycles. The first kappa shape index (κ1) is 48.6. The minimum absolute atomic E-state index is 0.0478. The van der Waals surface area contributed by atoms with Crippen molar-refractivity contribution in [1.82, 2.24) is 68.5 Å². The molecule has 0 unspecified atom stereocenters. The zero-order valence-corrected chi connectivity index (χ0v) is 41.7. The number of amides is 3. The van der Waals surface area contributed by atoms with Crippen LogP contribution in [0, 0.1) is 13.1 Å². The number of hydrogen-bond donors (Lipinski definition) is 1. The van der Waals surface area contributed by atoms with Crippen LogP contribution in [0.1, 0.15) is 88.9 Å². The lowest BCUT2D eigenvalue weighted by Gasteiger charge is -2.26. The van der Waals surface area contributed by atoms with E-state index in [2.05, 4.69) is 55.9 Å². The molecule has 3 aliphatic rings. The van der Waals surface area contributed by atoms with E-state index in [1.54, 1.807) is 43.2 Å². The lowest BCUT2D eigenvalue weighted by molar-refractivity contribution is 0.0716. The summed E-state index contributed by atoms with van der Waals surface area (Å²) in [6.07, 6.45) is 27.5. The second kappa shape index (κ2) is 21.8. The average Bonchev–Trinajstić information content (AvgIpc) is 4.34. The van der Waals surface area contributed by atoms with Gasteiger partial charge < -0.3 is 29.0 Å². The van der Waals surface area contributed by atoms with Crippen molar-refractivity contribution in [1.29, 1.82) is 0 Å². The van der Waals surface area contributed by atoms with Crippen LogP contribution in [0.3, 0.4) is 0 Å². The Bertz CT molecular complexity index is 3660. The van der Waals surface area contributed by atoms with Gasteiger partial charge in [-0.15, -0.1) is 11.6 Å². The van der Waals surface area contributed by atoms with Gasteiger partial charge in [0.25, 0.3) is 23.5 Å². The molecule has 0 bridgehead atoms. The van der Waals surface area contributed by atoms with Gasteiger partial charge in [0.2, 0.25) is 0 Å². The number of nitrogens with zero attached hydrogens (tertiary/aromatic N) is 15. The Hall–Kier alpha value is -9.62. The van der Waals surface area contributed by atoms with Crippen molar-refractivity contribution in [2.75, 3.05) is 39.3 Å². The molecule has 9 aromatic heterocycles. The number of pyridine rings is 4. The highest BCUT2D eigenvalue weighted by atomic mass is 16.2. The Kier molecular flexibility index (Phi) is 14.0. The molecule has 3 aliphatic heterocycles. The van der Waals surface area contributed by atoms with Gasteiger partial charge in [0, 0.05) is 104 Å². The lowest BCUT2D eigenvalue weighted by Crippen LogP contribution is -2.35. The fourth-order valence-corrected chi connectivity index (χ4v) is 10.0. The maximum absolute atomic E-state index is 12.7. The number of aromatic nitrogens is 11. The number of fused-ring (bicyclic) bond motifs is 4. The van der Waals surface area contributed by atoms with Gasteiger partial charge in [-0.3, -0.25) is 28.6 Å². The number of hydrogen-bond acceptors (Lipinski definition) is 10. The van der Waals surface area contributed by atoms with E-state index >= 15 is 0 Å². The summed E-state index contributed by atoms with van der Waals surface area (Å²) in [5, 5.41) is 10.9. The highest BCUT2D eigenvalue weighted by Gasteiger charge is 2.23. The summed E-state index contributed by atoms with van der Waals surface area (Å²) in [5.74, 6) is 0.674. The van der Waals surface area contributed by atoms with Gasteiger partial charge >= 0.3 is 5.95 Å². The lowest BCUT2D eigenvalue weighted by atomic mass is 10.1. The largest absolute Gasteiger partial charge is 0.394 e. The number of nitrogens with one attached hydrogen (secondary N) is 1. The summed E-state index contributed by atoms with van der Waals surface area (Å²) in [7, 11) is 0. The van der Waals surface area contributed by atoms with Crippen molar-refractivity contribution in [3.05, 3.63) is 168 Å². The van der Waals surface area contributed by atoms with Gasteiger partial charge in [-0.2, -0.15) is 15.1 Å². The monoisotopic (exact) mass is 1010 g/mol. The van der Waals surface area contributed by atoms with Gasteiger partial charge in [0.15, 0.2) is 0 Å². The third-order valence-electron chi connectivity index (χ3n) is 14.1. The van der Waals surface area contributed by atoms with Gasteiger partial charge in [-0.1, -0.05) is 6.57 Å². The fraction of sp³-hybridized carbons (Fsp3) is 0.263. The quantitative estimate of drug-likeness (QED) is 0.157. The number of likely N-dealkylation sites (tertiary alicyclic amines) is 3. The van der Waals surface area contributed by atoms with E-state index in [4.69, 9.17) is 13.1 Å². The maximum atomic E-state index is 12.7. The summed E-state index contributed by atoms with van der Waals surface area (Å²) in [5.41, 5.74) is 7.87. The van der Waals surface area contributed by atoms with Crippen LogP contribution < -0.4 is 0 Å². The average molecular weight is 1010 g/mol. The minimum Gasteiger partial charge on any atom is -0.394 e. The second-order valence-corrected chi connectivity index (χ2v) is 19.0. The van der Waals surface area contributed by atoms with Gasteiger partial charge in [-0.05, 0) is 125 Å². The van der Waals surface area contributed by atoms with Crippen molar-refractivity contribution in [3.8, 4) is 17.1 Å². The third-order valence-corrected chi connectivity index (χ3v) is 14.1. The summed E-state index contributed by atoms with van der Waals surface area (Å²) in [6.45, 7) is 18.9. The number of H-pyrrole nitrogens is 1. The van der Waals surface area contributed by atoms with E-state index in [9.17, 15) is 14.4 Å². The van der Waals surface area contributed by atoms with E-state index in [0.717, 1.165) is 139 Å². The van der Waals surface area contributed by atoms with E-state index in [0.29, 0.717) is 22.5 Å². The number of carbonyl (C=O) groups is 3. The molecule has 378 valence electrons. The summed E-state index contributed by atoms with van der Waals surface area (Å²) in [6, 6.07) is 21.2. The molecule has 0 spiro atoms. The predicted octanol–water partition coefficient (Wildman–Crippen LogP) is 10.1. The standard InChI is InChI=1S/C20H19N5O.C19H17N5O.C18H16N6O/c26-20(24-7-2-1-3-8-24)16-10-14-6-9-25(19(14)21-12-16)17-4-5-18-15(11-17)13-22-23-18;1-20-17-6-5-16(13-21-17)24-10-7-14-11-15(12-22-18(14)24)19(25)23-8-3-2-4-9-23;1-19-18-21-11-15(12-22-18)24-8-5-13-9-14(10-20-16(13)24)17(25)23-6-3-2-4-7-23/h4-6,9-13H,1-3,7-8H2,(H,22,23);5-7,10-13H,2-4,8-9H2;5,8-12H,2-4,6-7H2. The number of piperidine rings is 3. The molecule has 3 saturated heterocycles. The van der Waals surface area contributed by atoms with Crippen molar-refractivity contribution in [2.45, 2.75) is 57.8 Å². The Morgan fingerprint density at radius 3 is 1.29 bits per heavy atom. The Morgan fingerprint density at radius 2 is 0.855 bits per heavy atom. The molecule has 76 heavy (non-hydrogen) atoms. The van der Waals surface area contributed by atoms with Crippen LogP contribution in [-0.4, -0.2) is 125 Å². The maximum Gasteiger partial charge on any atom is 0.371 e. The Morgan fingerprint density at radius 1 is 0.421 bits per heavy atom. The molecule has 0 aliphatic carbocycles. The normalized spacial score (nSPS) is 14.6. The van der Waals surface area contributed by atoms with E-state index in [1.807, 2.05) is 108 Å². The van der Waals surface area contributed by atoms with Crippen LogP contribution in [0.25, 0.3) is 70.8 Å². The molecule has 19 heteroatoms. The van der Waals surface area contributed by atoms with Gasteiger partial charge in [-0.25, -0.2) is 15.0 Å². The van der Waals surface area contributed by atoms with Crippen LogP contribution in [0.5, 0.6) is 0 Å². The molecule has 0 radical (unpaired) electrons. The van der Waals surface area contributed by atoms with Crippen LogP contribution >= 0.6 is 0 Å². The zero-order chi connectivity index (χ0) is 52.0. The van der Waals surface area contributed by atoms with Crippen LogP contribution in [0.2, 0.25) is 0 Å². The van der Waals surface area contributed by atoms with Crippen molar-refractivity contribution >= 4 is 73.5 Å².